The molecule has 110 valence electrons. The Balaban J connectivity index is 2.38. The van der Waals surface area contributed by atoms with Gasteiger partial charge in [0.2, 0.25) is 10.0 Å². The summed E-state index contributed by atoms with van der Waals surface area (Å²) in [5.74, 6) is -1.32. The van der Waals surface area contributed by atoms with E-state index in [-0.39, 0.29) is 10.0 Å². The number of sulfonamides is 1. The largest absolute Gasteiger partial charge is 0.480 e. The molecule has 0 aliphatic rings. The monoisotopic (exact) mass is 326 g/mol. The van der Waals surface area contributed by atoms with Crippen LogP contribution in [-0.4, -0.2) is 24.5 Å². The lowest BCUT2D eigenvalue weighted by molar-refractivity contribution is -0.139. The first-order chi connectivity index (χ1) is 9.92. The number of aromatic nitrogens is 1. The van der Waals surface area contributed by atoms with Crippen LogP contribution in [0.2, 0.25) is 5.15 Å². The van der Waals surface area contributed by atoms with E-state index in [4.69, 9.17) is 11.6 Å². The molecule has 8 heteroatoms. The number of hydrogen-bond acceptors (Lipinski definition) is 4. The first-order valence-corrected chi connectivity index (χ1v) is 7.68. The number of nitrogens with zero attached hydrogens (tertiary/aromatic N) is 1. The highest BCUT2D eigenvalue weighted by Gasteiger charge is 2.28. The normalized spacial score (nSPS) is 12.8. The van der Waals surface area contributed by atoms with Crippen LogP contribution in [0.1, 0.15) is 11.6 Å². The van der Waals surface area contributed by atoms with Gasteiger partial charge in [-0.1, -0.05) is 41.9 Å². The lowest BCUT2D eigenvalue weighted by atomic mass is 10.1. The van der Waals surface area contributed by atoms with E-state index in [9.17, 15) is 18.3 Å². The van der Waals surface area contributed by atoms with Crippen molar-refractivity contribution in [3.8, 4) is 0 Å². The van der Waals surface area contributed by atoms with E-state index in [1.165, 1.54) is 30.5 Å². The van der Waals surface area contributed by atoms with Gasteiger partial charge in [-0.05, 0) is 17.7 Å². The summed E-state index contributed by atoms with van der Waals surface area (Å²) in [6, 6.07) is 9.23. The highest BCUT2D eigenvalue weighted by atomic mass is 35.5. The Hall–Kier alpha value is -1.96. The Morgan fingerprint density at radius 2 is 1.86 bits per heavy atom. The third-order valence-corrected chi connectivity index (χ3v) is 4.53. The number of rotatable bonds is 5. The van der Waals surface area contributed by atoms with Crippen molar-refractivity contribution < 1.29 is 18.3 Å². The molecule has 1 aromatic heterocycles. The fourth-order valence-corrected chi connectivity index (χ4v) is 3.33. The lowest BCUT2D eigenvalue weighted by Gasteiger charge is -2.15. The summed E-state index contributed by atoms with van der Waals surface area (Å²) in [4.78, 5) is 14.7. The highest BCUT2D eigenvalue weighted by Crippen LogP contribution is 2.21. The highest BCUT2D eigenvalue weighted by molar-refractivity contribution is 7.89. The van der Waals surface area contributed by atoms with Crippen LogP contribution in [-0.2, 0) is 14.8 Å². The van der Waals surface area contributed by atoms with Crippen molar-refractivity contribution in [1.29, 1.82) is 0 Å². The van der Waals surface area contributed by atoms with E-state index in [1.54, 1.807) is 18.2 Å². The second-order valence-corrected chi connectivity index (χ2v) is 6.14. The van der Waals surface area contributed by atoms with Crippen LogP contribution in [0.15, 0.2) is 53.6 Å². The van der Waals surface area contributed by atoms with Gasteiger partial charge < -0.3 is 5.11 Å². The third kappa shape index (κ3) is 3.57. The van der Waals surface area contributed by atoms with Gasteiger partial charge in [-0.25, -0.2) is 13.4 Å². The number of aliphatic carboxylic acids is 1. The molecule has 21 heavy (non-hydrogen) atoms. The van der Waals surface area contributed by atoms with E-state index in [1.807, 2.05) is 0 Å². The lowest BCUT2D eigenvalue weighted by Crippen LogP contribution is -2.34. The van der Waals surface area contributed by atoms with Gasteiger partial charge in [-0.3, -0.25) is 4.79 Å². The Morgan fingerprint density at radius 1 is 1.19 bits per heavy atom. The predicted molar refractivity (Wildman–Crippen MR) is 76.4 cm³/mol. The maximum absolute atomic E-state index is 12.2. The number of hydrogen-bond donors (Lipinski definition) is 2. The molecule has 2 N–H and O–H groups in total. The predicted octanol–water partition coefficient (Wildman–Crippen LogP) is 1.84. The number of pyridine rings is 1. The van der Waals surface area contributed by atoms with Crippen molar-refractivity contribution >= 4 is 27.6 Å². The smallest absolute Gasteiger partial charge is 0.326 e. The average Bonchev–Trinajstić information content (AvgIpc) is 2.46. The number of carboxylic acid groups (broad SMARTS) is 1. The van der Waals surface area contributed by atoms with Crippen LogP contribution in [0.4, 0.5) is 0 Å². The van der Waals surface area contributed by atoms with Crippen LogP contribution in [0.3, 0.4) is 0 Å². The molecule has 0 saturated heterocycles. The standard InChI is InChI=1S/C13H11ClN2O4S/c14-12-10(7-4-8-15-12)21(19,20)16-11(13(17)18)9-5-2-1-3-6-9/h1-8,11,16H,(H,17,18)/t11-/m0/s1. The minimum absolute atomic E-state index is 0.220. The van der Waals surface area contributed by atoms with Gasteiger partial charge in [0.15, 0.2) is 0 Å². The molecule has 0 fully saturated rings. The maximum Gasteiger partial charge on any atom is 0.326 e. The van der Waals surface area contributed by atoms with Gasteiger partial charge >= 0.3 is 5.97 Å². The number of nitrogens with one attached hydrogen (secondary N) is 1. The molecule has 0 radical (unpaired) electrons. The van der Waals surface area contributed by atoms with Crippen molar-refractivity contribution in [2.45, 2.75) is 10.9 Å². The van der Waals surface area contributed by atoms with Crippen LogP contribution >= 0.6 is 11.6 Å². The van der Waals surface area contributed by atoms with Gasteiger partial charge in [0.1, 0.15) is 16.1 Å². The second-order valence-electron chi connectivity index (χ2n) is 4.10. The number of carbonyl (C=O) groups is 1. The summed E-state index contributed by atoms with van der Waals surface area (Å²) in [5.41, 5.74) is 0.314. The second kappa shape index (κ2) is 6.21. The SMILES string of the molecule is O=C(O)[C@@H](NS(=O)(=O)c1cccnc1Cl)c1ccccc1. The molecule has 1 atom stereocenters. The van der Waals surface area contributed by atoms with Gasteiger partial charge in [-0.15, -0.1) is 0 Å². The molecule has 2 aromatic rings. The Morgan fingerprint density at radius 3 is 2.43 bits per heavy atom. The summed E-state index contributed by atoms with van der Waals surface area (Å²) in [5, 5.41) is 9.01. The molecule has 0 bridgehead atoms. The maximum atomic E-state index is 12.2. The number of carboxylic acids is 1. The van der Waals surface area contributed by atoms with E-state index < -0.39 is 22.0 Å². The minimum atomic E-state index is -4.11. The molecule has 2 rings (SSSR count). The molecule has 1 aromatic carbocycles. The molecular weight excluding hydrogens is 316 g/mol. The average molecular weight is 327 g/mol. The fraction of sp³-hybridized carbons (Fsp3) is 0.0769. The zero-order chi connectivity index (χ0) is 15.5. The summed E-state index contributed by atoms with van der Waals surface area (Å²) >= 11 is 5.74. The van der Waals surface area contributed by atoms with Crippen molar-refractivity contribution in [1.82, 2.24) is 9.71 Å². The third-order valence-electron chi connectivity index (χ3n) is 2.67. The molecular formula is C13H11ClN2O4S. The van der Waals surface area contributed by atoms with Gasteiger partial charge in [-0.2, -0.15) is 4.72 Å². The zero-order valence-electron chi connectivity index (χ0n) is 10.6. The van der Waals surface area contributed by atoms with Crippen molar-refractivity contribution in [2.24, 2.45) is 0 Å². The molecule has 0 aliphatic carbocycles. The zero-order valence-corrected chi connectivity index (χ0v) is 12.2. The molecule has 0 saturated carbocycles. The summed E-state index contributed by atoms with van der Waals surface area (Å²) in [6.07, 6.45) is 1.34. The molecule has 0 amide bonds. The molecule has 6 nitrogen and oxygen atoms in total. The molecule has 0 unspecified atom stereocenters. The van der Waals surface area contributed by atoms with Gasteiger partial charge in [0.25, 0.3) is 0 Å². The fourth-order valence-electron chi connectivity index (χ4n) is 1.70. The topological polar surface area (TPSA) is 96.4 Å². The van der Waals surface area contributed by atoms with Gasteiger partial charge in [0.05, 0.1) is 0 Å². The van der Waals surface area contributed by atoms with E-state index >= 15 is 0 Å². The Kier molecular flexibility index (Phi) is 4.56. The summed E-state index contributed by atoms with van der Waals surface area (Å²) in [7, 11) is -4.11. The number of halogens is 1. The quantitative estimate of drug-likeness (QED) is 0.817. The van der Waals surface area contributed by atoms with Crippen LogP contribution in [0.25, 0.3) is 0 Å². The van der Waals surface area contributed by atoms with Crippen LogP contribution < -0.4 is 4.72 Å². The van der Waals surface area contributed by atoms with Crippen LogP contribution in [0.5, 0.6) is 0 Å². The summed E-state index contributed by atoms with van der Waals surface area (Å²) in [6.45, 7) is 0. The van der Waals surface area contributed by atoms with E-state index in [2.05, 4.69) is 9.71 Å². The first kappa shape index (κ1) is 15.4. The first-order valence-electron chi connectivity index (χ1n) is 5.82. The molecule has 0 aliphatic heterocycles. The molecule has 0 spiro atoms. The summed E-state index contributed by atoms with van der Waals surface area (Å²) < 4.78 is 26.6. The van der Waals surface area contributed by atoms with E-state index in [0.717, 1.165) is 0 Å². The Bertz CT molecular complexity index is 750. The van der Waals surface area contributed by atoms with Crippen LogP contribution in [0, 0.1) is 0 Å². The van der Waals surface area contributed by atoms with Crippen molar-refractivity contribution in [3.05, 3.63) is 59.4 Å². The Labute approximate surface area is 126 Å². The minimum Gasteiger partial charge on any atom is -0.480 e. The van der Waals surface area contributed by atoms with Crippen molar-refractivity contribution in [2.75, 3.05) is 0 Å². The number of benzene rings is 1. The van der Waals surface area contributed by atoms with E-state index in [0.29, 0.717) is 5.56 Å². The van der Waals surface area contributed by atoms with Crippen molar-refractivity contribution in [3.63, 3.8) is 0 Å². The molecule has 1 heterocycles. The van der Waals surface area contributed by atoms with Gasteiger partial charge in [0, 0.05) is 6.20 Å².